The van der Waals surface area contributed by atoms with Gasteiger partial charge in [0.25, 0.3) is 0 Å². The van der Waals surface area contributed by atoms with E-state index in [0.29, 0.717) is 6.54 Å². The third-order valence-electron chi connectivity index (χ3n) is 4.99. The third-order valence-corrected chi connectivity index (χ3v) is 4.99. The van der Waals surface area contributed by atoms with Crippen LogP contribution in [0.15, 0.2) is 61.2 Å². The van der Waals surface area contributed by atoms with Gasteiger partial charge in [-0.15, -0.1) is 0 Å². The highest BCUT2D eigenvalue weighted by atomic mass is 16.2. The van der Waals surface area contributed by atoms with E-state index in [0.717, 1.165) is 50.7 Å². The summed E-state index contributed by atoms with van der Waals surface area (Å²) in [6, 6.07) is 12.1. The number of aromatic nitrogens is 4. The molecule has 0 N–H and O–H groups in total. The molecule has 3 heterocycles. The first-order chi connectivity index (χ1) is 13.3. The van der Waals surface area contributed by atoms with Crippen molar-refractivity contribution >= 4 is 5.91 Å². The SMILES string of the molecule is O=C(Cn1cccn1)N1CCN(CCn2ccnc2-c2ccccc2)CC1. The van der Waals surface area contributed by atoms with Crippen LogP contribution >= 0.6 is 0 Å². The van der Waals surface area contributed by atoms with Crippen LogP contribution in [0.2, 0.25) is 0 Å². The minimum Gasteiger partial charge on any atom is -0.339 e. The largest absolute Gasteiger partial charge is 0.339 e. The molecule has 1 amide bonds. The number of benzene rings is 1. The minimum absolute atomic E-state index is 0.138. The topological polar surface area (TPSA) is 59.2 Å². The zero-order valence-corrected chi connectivity index (χ0v) is 15.3. The quantitative estimate of drug-likeness (QED) is 0.667. The molecule has 27 heavy (non-hydrogen) atoms. The van der Waals surface area contributed by atoms with Crippen molar-refractivity contribution in [3.8, 4) is 11.4 Å². The van der Waals surface area contributed by atoms with Crippen molar-refractivity contribution < 1.29 is 4.79 Å². The van der Waals surface area contributed by atoms with Gasteiger partial charge in [-0.05, 0) is 6.07 Å². The molecule has 0 atom stereocenters. The van der Waals surface area contributed by atoms with E-state index in [-0.39, 0.29) is 5.91 Å². The van der Waals surface area contributed by atoms with E-state index in [1.165, 1.54) is 0 Å². The second-order valence-corrected chi connectivity index (χ2v) is 6.74. The smallest absolute Gasteiger partial charge is 0.244 e. The summed E-state index contributed by atoms with van der Waals surface area (Å²) in [4.78, 5) is 21.2. The molecule has 1 fully saturated rings. The van der Waals surface area contributed by atoms with Gasteiger partial charge < -0.3 is 9.47 Å². The van der Waals surface area contributed by atoms with Gasteiger partial charge in [0.2, 0.25) is 5.91 Å². The van der Waals surface area contributed by atoms with Crippen LogP contribution in [0.3, 0.4) is 0 Å². The number of carbonyl (C=O) groups excluding carboxylic acids is 1. The maximum Gasteiger partial charge on any atom is 0.244 e. The molecule has 0 radical (unpaired) electrons. The summed E-state index contributed by atoms with van der Waals surface area (Å²) in [5.74, 6) is 1.14. The molecule has 0 aliphatic carbocycles. The van der Waals surface area contributed by atoms with Crippen LogP contribution in [0.25, 0.3) is 11.4 Å². The molecule has 0 unspecified atom stereocenters. The van der Waals surface area contributed by atoms with Crippen LogP contribution in [-0.4, -0.2) is 67.8 Å². The summed E-state index contributed by atoms with van der Waals surface area (Å²) in [7, 11) is 0. The van der Waals surface area contributed by atoms with Crippen LogP contribution in [0.4, 0.5) is 0 Å². The lowest BCUT2D eigenvalue weighted by molar-refractivity contribution is -0.133. The predicted octanol–water partition coefficient (Wildman–Crippen LogP) is 1.59. The van der Waals surface area contributed by atoms with E-state index in [2.05, 4.69) is 31.7 Å². The number of nitrogens with zero attached hydrogens (tertiary/aromatic N) is 6. The summed E-state index contributed by atoms with van der Waals surface area (Å²) >= 11 is 0. The van der Waals surface area contributed by atoms with Crippen molar-refractivity contribution in [3.05, 3.63) is 61.2 Å². The van der Waals surface area contributed by atoms with Gasteiger partial charge in [-0.2, -0.15) is 5.10 Å². The number of imidazole rings is 1. The normalized spacial score (nSPS) is 15.2. The van der Waals surface area contributed by atoms with E-state index < -0.39 is 0 Å². The molecule has 4 rings (SSSR count). The molecule has 1 aliphatic rings. The summed E-state index contributed by atoms with van der Waals surface area (Å²) in [5, 5.41) is 4.11. The first kappa shape index (κ1) is 17.5. The summed E-state index contributed by atoms with van der Waals surface area (Å²) in [6.07, 6.45) is 7.41. The molecule has 2 aromatic heterocycles. The number of hydrogen-bond acceptors (Lipinski definition) is 4. The Balaban J connectivity index is 1.27. The molecule has 7 nitrogen and oxygen atoms in total. The predicted molar refractivity (Wildman–Crippen MR) is 103 cm³/mol. The van der Waals surface area contributed by atoms with Crippen molar-refractivity contribution in [2.45, 2.75) is 13.1 Å². The third kappa shape index (κ3) is 4.25. The molecule has 0 spiro atoms. The number of hydrogen-bond donors (Lipinski definition) is 0. The van der Waals surface area contributed by atoms with E-state index in [1.807, 2.05) is 47.8 Å². The van der Waals surface area contributed by atoms with E-state index >= 15 is 0 Å². The summed E-state index contributed by atoms with van der Waals surface area (Å²) in [5.41, 5.74) is 1.14. The Hall–Kier alpha value is -2.93. The molecule has 140 valence electrons. The van der Waals surface area contributed by atoms with Crippen molar-refractivity contribution in [1.29, 1.82) is 0 Å². The second kappa shape index (κ2) is 8.18. The fourth-order valence-electron chi connectivity index (χ4n) is 3.44. The van der Waals surface area contributed by atoms with Crippen molar-refractivity contribution in [2.75, 3.05) is 32.7 Å². The van der Waals surface area contributed by atoms with Gasteiger partial charge in [-0.25, -0.2) is 4.98 Å². The van der Waals surface area contributed by atoms with Gasteiger partial charge in [-0.1, -0.05) is 30.3 Å². The first-order valence-electron chi connectivity index (χ1n) is 9.34. The molecule has 1 saturated heterocycles. The Kier molecular flexibility index (Phi) is 5.29. The van der Waals surface area contributed by atoms with Crippen molar-refractivity contribution in [2.24, 2.45) is 0 Å². The number of amides is 1. The van der Waals surface area contributed by atoms with Crippen molar-refractivity contribution in [1.82, 2.24) is 29.1 Å². The zero-order chi connectivity index (χ0) is 18.5. The highest BCUT2D eigenvalue weighted by Gasteiger charge is 2.21. The molecular formula is C20H24N6O. The zero-order valence-electron chi connectivity index (χ0n) is 15.3. The Morgan fingerprint density at radius 3 is 2.48 bits per heavy atom. The first-order valence-corrected chi connectivity index (χ1v) is 9.34. The number of carbonyl (C=O) groups is 1. The molecule has 1 aliphatic heterocycles. The fourth-order valence-corrected chi connectivity index (χ4v) is 3.44. The van der Waals surface area contributed by atoms with Gasteiger partial charge in [0.15, 0.2) is 0 Å². The van der Waals surface area contributed by atoms with E-state index in [1.54, 1.807) is 10.9 Å². The Bertz CT molecular complexity index is 850. The number of piperazine rings is 1. The second-order valence-electron chi connectivity index (χ2n) is 6.74. The van der Waals surface area contributed by atoms with Crippen LogP contribution in [0.1, 0.15) is 0 Å². The maximum atomic E-state index is 12.4. The molecule has 1 aromatic carbocycles. The van der Waals surface area contributed by atoms with Crippen LogP contribution in [0.5, 0.6) is 0 Å². The van der Waals surface area contributed by atoms with Gasteiger partial charge in [0.1, 0.15) is 12.4 Å². The fraction of sp³-hybridized carbons (Fsp3) is 0.350. The molecule has 3 aromatic rings. The monoisotopic (exact) mass is 364 g/mol. The highest BCUT2D eigenvalue weighted by Crippen LogP contribution is 2.16. The Morgan fingerprint density at radius 1 is 0.926 bits per heavy atom. The Labute approximate surface area is 158 Å². The lowest BCUT2D eigenvalue weighted by Crippen LogP contribution is -2.50. The van der Waals surface area contributed by atoms with Gasteiger partial charge >= 0.3 is 0 Å². The lowest BCUT2D eigenvalue weighted by atomic mass is 10.2. The van der Waals surface area contributed by atoms with Gasteiger partial charge in [0.05, 0.1) is 0 Å². The Morgan fingerprint density at radius 2 is 1.74 bits per heavy atom. The highest BCUT2D eigenvalue weighted by molar-refractivity contribution is 5.76. The van der Waals surface area contributed by atoms with Crippen molar-refractivity contribution in [3.63, 3.8) is 0 Å². The standard InChI is InChI=1S/C20H24N6O/c27-19(17-26-9-4-7-22-26)24-14-11-23(12-15-24)13-16-25-10-8-21-20(25)18-5-2-1-3-6-18/h1-10H,11-17H2. The molecular weight excluding hydrogens is 340 g/mol. The average molecular weight is 364 g/mol. The van der Waals surface area contributed by atoms with Crippen LogP contribution in [0, 0.1) is 0 Å². The van der Waals surface area contributed by atoms with Crippen LogP contribution in [-0.2, 0) is 17.9 Å². The van der Waals surface area contributed by atoms with Gasteiger partial charge in [-0.3, -0.25) is 14.4 Å². The molecule has 7 heteroatoms. The number of rotatable bonds is 6. The van der Waals surface area contributed by atoms with E-state index in [4.69, 9.17) is 0 Å². The lowest BCUT2D eigenvalue weighted by Gasteiger charge is -2.34. The average Bonchev–Trinajstić information content (AvgIpc) is 3.39. The van der Waals surface area contributed by atoms with E-state index in [9.17, 15) is 4.79 Å². The molecule has 0 bridgehead atoms. The maximum absolute atomic E-state index is 12.4. The minimum atomic E-state index is 0.138. The van der Waals surface area contributed by atoms with Crippen LogP contribution < -0.4 is 0 Å². The molecule has 0 saturated carbocycles. The van der Waals surface area contributed by atoms with Gasteiger partial charge in [0, 0.05) is 69.6 Å². The summed E-state index contributed by atoms with van der Waals surface area (Å²) < 4.78 is 3.88. The summed E-state index contributed by atoms with van der Waals surface area (Å²) in [6.45, 7) is 5.52.